The van der Waals surface area contributed by atoms with Crippen molar-refractivity contribution >= 4 is 46.1 Å². The number of rotatable bonds is 5. The Morgan fingerprint density at radius 2 is 2.07 bits per heavy atom. The molecule has 1 aromatic heterocycles. The summed E-state index contributed by atoms with van der Waals surface area (Å²) >= 11 is 1.96. The SMILES string of the molecule is CC(C)[C@@H](C(=O)Nc1ccc(I)cc1F)N1C(=O)NC(c2cccnc2)C1=O. The Morgan fingerprint density at radius 1 is 1.32 bits per heavy atom. The second kappa shape index (κ2) is 8.21. The summed E-state index contributed by atoms with van der Waals surface area (Å²) in [5.74, 6) is -2.15. The Morgan fingerprint density at radius 3 is 2.68 bits per heavy atom. The number of aromatic nitrogens is 1. The van der Waals surface area contributed by atoms with Crippen LogP contribution in [-0.4, -0.2) is 33.8 Å². The van der Waals surface area contributed by atoms with Crippen LogP contribution in [0.3, 0.4) is 0 Å². The summed E-state index contributed by atoms with van der Waals surface area (Å²) in [6.07, 6.45) is 3.04. The van der Waals surface area contributed by atoms with Gasteiger partial charge in [0.1, 0.15) is 17.9 Å². The van der Waals surface area contributed by atoms with Gasteiger partial charge >= 0.3 is 6.03 Å². The van der Waals surface area contributed by atoms with Gasteiger partial charge in [-0.05, 0) is 52.8 Å². The Bertz CT molecular complexity index is 923. The number of halogens is 2. The van der Waals surface area contributed by atoms with E-state index in [0.29, 0.717) is 9.13 Å². The van der Waals surface area contributed by atoms with Crippen LogP contribution >= 0.6 is 22.6 Å². The molecule has 0 aliphatic carbocycles. The van der Waals surface area contributed by atoms with Crippen LogP contribution in [-0.2, 0) is 9.59 Å². The highest BCUT2D eigenvalue weighted by atomic mass is 127. The zero-order valence-electron chi connectivity index (χ0n) is 15.1. The van der Waals surface area contributed by atoms with Crippen molar-refractivity contribution in [2.45, 2.75) is 25.9 Å². The summed E-state index contributed by atoms with van der Waals surface area (Å²) in [5.41, 5.74) is 0.516. The first-order chi connectivity index (χ1) is 13.3. The van der Waals surface area contributed by atoms with Crippen molar-refractivity contribution in [2.24, 2.45) is 5.92 Å². The van der Waals surface area contributed by atoms with Crippen LogP contribution in [0.5, 0.6) is 0 Å². The molecule has 0 spiro atoms. The lowest BCUT2D eigenvalue weighted by molar-refractivity contribution is -0.135. The quantitative estimate of drug-likeness (QED) is 0.492. The van der Waals surface area contributed by atoms with E-state index >= 15 is 0 Å². The highest BCUT2D eigenvalue weighted by Gasteiger charge is 2.46. The molecule has 2 atom stereocenters. The molecule has 0 saturated carbocycles. The second-order valence-electron chi connectivity index (χ2n) is 6.68. The summed E-state index contributed by atoms with van der Waals surface area (Å²) in [6, 6.07) is 5.03. The molecule has 1 unspecified atom stereocenters. The van der Waals surface area contributed by atoms with Crippen LogP contribution in [0.2, 0.25) is 0 Å². The Hall–Kier alpha value is -2.56. The highest BCUT2D eigenvalue weighted by Crippen LogP contribution is 2.27. The maximum atomic E-state index is 14.1. The minimum absolute atomic E-state index is 0.00747. The van der Waals surface area contributed by atoms with Gasteiger partial charge in [-0.1, -0.05) is 19.9 Å². The van der Waals surface area contributed by atoms with E-state index in [2.05, 4.69) is 15.6 Å². The average Bonchev–Trinajstić information content (AvgIpc) is 2.93. The van der Waals surface area contributed by atoms with Gasteiger partial charge < -0.3 is 10.6 Å². The van der Waals surface area contributed by atoms with E-state index in [4.69, 9.17) is 0 Å². The average molecular weight is 496 g/mol. The van der Waals surface area contributed by atoms with Crippen molar-refractivity contribution in [1.82, 2.24) is 15.2 Å². The highest BCUT2D eigenvalue weighted by molar-refractivity contribution is 14.1. The Balaban J connectivity index is 1.86. The Labute approximate surface area is 174 Å². The third kappa shape index (κ3) is 3.98. The minimum Gasteiger partial charge on any atom is -0.322 e. The zero-order chi connectivity index (χ0) is 20.4. The molecule has 1 saturated heterocycles. The summed E-state index contributed by atoms with van der Waals surface area (Å²) in [4.78, 5) is 43.1. The van der Waals surface area contributed by atoms with Gasteiger partial charge in [-0.15, -0.1) is 0 Å². The number of nitrogens with zero attached hydrogens (tertiary/aromatic N) is 2. The number of anilines is 1. The van der Waals surface area contributed by atoms with E-state index < -0.39 is 35.7 Å². The van der Waals surface area contributed by atoms with Gasteiger partial charge in [-0.2, -0.15) is 0 Å². The number of amides is 4. The predicted octanol–water partition coefficient (Wildman–Crippen LogP) is 3.08. The molecule has 4 amide bonds. The lowest BCUT2D eigenvalue weighted by Crippen LogP contribution is -2.50. The van der Waals surface area contributed by atoms with E-state index in [1.807, 2.05) is 22.6 Å². The summed E-state index contributed by atoms with van der Waals surface area (Å²) in [6.45, 7) is 3.43. The first kappa shape index (κ1) is 20.2. The lowest BCUT2D eigenvalue weighted by Gasteiger charge is -2.27. The third-order valence-electron chi connectivity index (χ3n) is 4.36. The van der Waals surface area contributed by atoms with Gasteiger partial charge in [0.15, 0.2) is 0 Å². The number of benzene rings is 1. The van der Waals surface area contributed by atoms with Crippen molar-refractivity contribution in [3.63, 3.8) is 0 Å². The first-order valence-electron chi connectivity index (χ1n) is 8.59. The number of nitrogens with one attached hydrogen (secondary N) is 2. The van der Waals surface area contributed by atoms with Crippen molar-refractivity contribution in [3.05, 3.63) is 57.7 Å². The first-order valence-corrected chi connectivity index (χ1v) is 9.67. The monoisotopic (exact) mass is 496 g/mol. The van der Waals surface area contributed by atoms with Gasteiger partial charge in [-0.25, -0.2) is 14.1 Å². The molecule has 0 bridgehead atoms. The number of hydrogen-bond acceptors (Lipinski definition) is 4. The number of pyridine rings is 1. The van der Waals surface area contributed by atoms with Crippen LogP contribution < -0.4 is 10.6 Å². The number of urea groups is 1. The molecule has 9 heteroatoms. The van der Waals surface area contributed by atoms with Crippen molar-refractivity contribution < 1.29 is 18.8 Å². The van der Waals surface area contributed by atoms with E-state index in [-0.39, 0.29) is 11.6 Å². The van der Waals surface area contributed by atoms with Crippen LogP contribution in [0.4, 0.5) is 14.9 Å². The molecular formula is C19H18FIN4O3. The van der Waals surface area contributed by atoms with Gasteiger partial charge in [0.25, 0.3) is 5.91 Å². The summed E-state index contributed by atoms with van der Waals surface area (Å²) in [7, 11) is 0. The largest absolute Gasteiger partial charge is 0.325 e. The molecule has 1 fully saturated rings. The van der Waals surface area contributed by atoms with Gasteiger partial charge in [0, 0.05) is 21.5 Å². The Kier molecular flexibility index (Phi) is 5.92. The fraction of sp³-hybridized carbons (Fsp3) is 0.263. The fourth-order valence-electron chi connectivity index (χ4n) is 3.05. The number of imide groups is 1. The van der Waals surface area contributed by atoms with E-state index in [1.165, 1.54) is 18.3 Å². The number of hydrogen-bond donors (Lipinski definition) is 2. The number of carbonyl (C=O) groups excluding carboxylic acids is 3. The molecular weight excluding hydrogens is 478 g/mol. The van der Waals surface area contributed by atoms with Crippen LogP contribution in [0.1, 0.15) is 25.5 Å². The minimum atomic E-state index is -1.09. The van der Waals surface area contributed by atoms with E-state index in [1.54, 1.807) is 38.2 Å². The topological polar surface area (TPSA) is 91.4 Å². The maximum Gasteiger partial charge on any atom is 0.325 e. The van der Waals surface area contributed by atoms with Crippen molar-refractivity contribution in [3.8, 4) is 0 Å². The van der Waals surface area contributed by atoms with Crippen molar-refractivity contribution in [2.75, 3.05) is 5.32 Å². The normalized spacial score (nSPS) is 17.6. The molecule has 28 heavy (non-hydrogen) atoms. The molecule has 2 aromatic rings. The second-order valence-corrected chi connectivity index (χ2v) is 7.93. The van der Waals surface area contributed by atoms with Crippen molar-refractivity contribution in [1.29, 1.82) is 0 Å². The van der Waals surface area contributed by atoms with Crippen LogP contribution in [0.25, 0.3) is 0 Å². The van der Waals surface area contributed by atoms with Crippen LogP contribution in [0, 0.1) is 15.3 Å². The molecule has 3 rings (SSSR count). The zero-order valence-corrected chi connectivity index (χ0v) is 17.3. The van der Waals surface area contributed by atoms with Gasteiger partial charge in [0.05, 0.1) is 5.69 Å². The summed E-state index contributed by atoms with van der Waals surface area (Å²) < 4.78 is 14.8. The van der Waals surface area contributed by atoms with Gasteiger partial charge in [0.2, 0.25) is 5.91 Å². The number of carbonyl (C=O) groups is 3. The van der Waals surface area contributed by atoms with Gasteiger partial charge in [-0.3, -0.25) is 14.6 Å². The molecule has 1 aromatic carbocycles. The molecule has 2 N–H and O–H groups in total. The van der Waals surface area contributed by atoms with Crippen LogP contribution in [0.15, 0.2) is 42.7 Å². The summed E-state index contributed by atoms with van der Waals surface area (Å²) in [5, 5.41) is 5.07. The molecule has 7 nitrogen and oxygen atoms in total. The van der Waals surface area contributed by atoms with E-state index in [9.17, 15) is 18.8 Å². The van der Waals surface area contributed by atoms with E-state index in [0.717, 1.165) is 4.90 Å². The maximum absolute atomic E-state index is 14.1. The smallest absolute Gasteiger partial charge is 0.322 e. The predicted molar refractivity (Wildman–Crippen MR) is 109 cm³/mol. The molecule has 1 aliphatic heterocycles. The molecule has 146 valence electrons. The standard InChI is InChI=1S/C19H18FIN4O3/c1-10(2)16(17(26)23-14-6-5-12(21)8-13(14)20)25-18(27)15(24-19(25)28)11-4-3-7-22-9-11/h3-10,15-16H,1-2H3,(H,23,26)(H,24,28)/t15?,16-/m0/s1. The lowest BCUT2D eigenvalue weighted by atomic mass is 10.0. The molecule has 2 heterocycles. The third-order valence-corrected chi connectivity index (χ3v) is 5.03. The molecule has 0 radical (unpaired) electrons. The fourth-order valence-corrected chi connectivity index (χ4v) is 3.50. The molecule has 1 aliphatic rings.